The number of morpholine rings is 1. The van der Waals surface area contributed by atoms with Crippen LogP contribution in [0.5, 0.6) is 0 Å². The molecule has 1 aromatic carbocycles. The van der Waals surface area contributed by atoms with Crippen LogP contribution in [0.15, 0.2) is 12.1 Å². The van der Waals surface area contributed by atoms with Crippen LogP contribution in [0.1, 0.15) is 58.3 Å². The van der Waals surface area contributed by atoms with Crippen LogP contribution in [0.25, 0.3) is 0 Å². The van der Waals surface area contributed by atoms with E-state index in [2.05, 4.69) is 12.2 Å². The first-order valence-electron chi connectivity index (χ1n) is 9.78. The zero-order valence-corrected chi connectivity index (χ0v) is 15.5. The van der Waals surface area contributed by atoms with E-state index in [0.29, 0.717) is 38.5 Å². The number of halogens is 2. The maximum Gasteiger partial charge on any atom is 0.151 e. The zero-order chi connectivity index (χ0) is 17.9. The van der Waals surface area contributed by atoms with E-state index in [9.17, 15) is 8.78 Å². The minimum atomic E-state index is -0.513. The van der Waals surface area contributed by atoms with Crippen LogP contribution in [0.3, 0.4) is 0 Å². The number of hydrogen-bond donors (Lipinski definition) is 1. The molecule has 0 aromatic heterocycles. The third kappa shape index (κ3) is 6.81. The van der Waals surface area contributed by atoms with Crippen LogP contribution in [-0.2, 0) is 4.74 Å². The second kappa shape index (κ2) is 11.3. The highest BCUT2D eigenvalue weighted by Gasteiger charge is 2.16. The largest absolute Gasteiger partial charge is 0.380 e. The fourth-order valence-corrected chi connectivity index (χ4v) is 3.21. The molecule has 1 fully saturated rings. The minimum absolute atomic E-state index is 0.0000415. The second-order valence-corrected chi connectivity index (χ2v) is 6.79. The standard InChI is InChI=1S/C20H32F2N2O/c1-2-3-4-5-6-7-8-9-10-23-20-18(21)15-17(16-19(20)22)24-11-13-25-14-12-24/h15-16,23H,2-14H2,1H3. The molecule has 0 amide bonds. The molecule has 1 aliphatic rings. The van der Waals surface area contributed by atoms with Crippen molar-refractivity contribution in [1.82, 2.24) is 0 Å². The van der Waals surface area contributed by atoms with E-state index in [0.717, 1.165) is 12.8 Å². The Morgan fingerprint density at radius 1 is 0.920 bits per heavy atom. The molecule has 142 valence electrons. The smallest absolute Gasteiger partial charge is 0.151 e. The summed E-state index contributed by atoms with van der Waals surface area (Å²) in [6.07, 6.45) is 9.72. The zero-order valence-electron chi connectivity index (χ0n) is 15.5. The summed E-state index contributed by atoms with van der Waals surface area (Å²) in [5.41, 5.74) is 0.593. The summed E-state index contributed by atoms with van der Waals surface area (Å²) in [4.78, 5) is 1.96. The molecule has 5 heteroatoms. The van der Waals surface area contributed by atoms with Crippen molar-refractivity contribution in [2.75, 3.05) is 43.1 Å². The lowest BCUT2D eigenvalue weighted by molar-refractivity contribution is 0.122. The number of anilines is 2. The lowest BCUT2D eigenvalue weighted by Crippen LogP contribution is -2.36. The summed E-state index contributed by atoms with van der Waals surface area (Å²) >= 11 is 0. The molecule has 1 aromatic rings. The molecule has 2 rings (SSSR count). The Labute approximate surface area is 150 Å². The van der Waals surface area contributed by atoms with Gasteiger partial charge in [0.15, 0.2) is 11.6 Å². The number of benzene rings is 1. The van der Waals surface area contributed by atoms with Gasteiger partial charge in [0.05, 0.1) is 13.2 Å². The van der Waals surface area contributed by atoms with Gasteiger partial charge in [0.1, 0.15) is 5.69 Å². The number of nitrogens with zero attached hydrogens (tertiary/aromatic N) is 1. The molecule has 0 atom stereocenters. The lowest BCUT2D eigenvalue weighted by Gasteiger charge is -2.29. The highest BCUT2D eigenvalue weighted by molar-refractivity contribution is 5.57. The normalized spacial score (nSPS) is 14.8. The second-order valence-electron chi connectivity index (χ2n) is 6.79. The first-order chi connectivity index (χ1) is 12.2. The van der Waals surface area contributed by atoms with Crippen LogP contribution in [0.4, 0.5) is 20.2 Å². The molecule has 0 spiro atoms. The van der Waals surface area contributed by atoms with E-state index in [1.807, 2.05) is 4.90 Å². The van der Waals surface area contributed by atoms with Crippen LogP contribution in [0, 0.1) is 11.6 Å². The Morgan fingerprint density at radius 3 is 2.08 bits per heavy atom. The summed E-state index contributed by atoms with van der Waals surface area (Å²) < 4.78 is 33.8. The summed E-state index contributed by atoms with van der Waals surface area (Å²) in [5, 5.41) is 2.93. The molecule has 0 aliphatic carbocycles. The first-order valence-corrected chi connectivity index (χ1v) is 9.78. The molecule has 0 radical (unpaired) electrons. The number of ether oxygens (including phenoxy) is 1. The van der Waals surface area contributed by atoms with E-state index in [4.69, 9.17) is 4.74 Å². The molecule has 1 heterocycles. The van der Waals surface area contributed by atoms with Gasteiger partial charge in [0.2, 0.25) is 0 Å². The fraction of sp³-hybridized carbons (Fsp3) is 0.700. The Balaban J connectivity index is 1.71. The van der Waals surface area contributed by atoms with E-state index in [1.54, 1.807) is 0 Å². The quantitative estimate of drug-likeness (QED) is 0.542. The molecular formula is C20H32F2N2O. The van der Waals surface area contributed by atoms with Crippen LogP contribution < -0.4 is 10.2 Å². The molecule has 0 bridgehead atoms. The van der Waals surface area contributed by atoms with E-state index < -0.39 is 11.6 Å². The molecule has 0 unspecified atom stereocenters. The molecule has 1 aliphatic heterocycles. The molecule has 1 saturated heterocycles. The number of rotatable bonds is 11. The Kier molecular flexibility index (Phi) is 9.02. The topological polar surface area (TPSA) is 24.5 Å². The van der Waals surface area contributed by atoms with Crippen molar-refractivity contribution < 1.29 is 13.5 Å². The van der Waals surface area contributed by atoms with Gasteiger partial charge in [-0.2, -0.15) is 0 Å². The van der Waals surface area contributed by atoms with Crippen molar-refractivity contribution in [1.29, 1.82) is 0 Å². The predicted octanol–water partition coefficient (Wildman–Crippen LogP) is 5.35. The molecular weight excluding hydrogens is 322 g/mol. The van der Waals surface area contributed by atoms with Gasteiger partial charge < -0.3 is 15.0 Å². The van der Waals surface area contributed by atoms with Gasteiger partial charge in [0, 0.05) is 25.3 Å². The van der Waals surface area contributed by atoms with Gasteiger partial charge in [-0.1, -0.05) is 51.9 Å². The van der Waals surface area contributed by atoms with E-state index in [1.165, 1.54) is 50.7 Å². The molecule has 1 N–H and O–H groups in total. The molecule has 25 heavy (non-hydrogen) atoms. The van der Waals surface area contributed by atoms with Crippen LogP contribution >= 0.6 is 0 Å². The maximum absolute atomic E-state index is 14.3. The van der Waals surface area contributed by atoms with Crippen molar-refractivity contribution in [2.45, 2.75) is 58.3 Å². The summed E-state index contributed by atoms with van der Waals surface area (Å²) in [5.74, 6) is -1.03. The maximum atomic E-state index is 14.3. The predicted molar refractivity (Wildman–Crippen MR) is 100 cm³/mol. The molecule has 0 saturated carbocycles. The lowest BCUT2D eigenvalue weighted by atomic mass is 10.1. The Morgan fingerprint density at radius 2 is 1.48 bits per heavy atom. The summed E-state index contributed by atoms with van der Waals surface area (Å²) in [7, 11) is 0. The van der Waals surface area contributed by atoms with Crippen molar-refractivity contribution in [3.05, 3.63) is 23.8 Å². The highest BCUT2D eigenvalue weighted by Crippen LogP contribution is 2.26. The summed E-state index contributed by atoms with van der Waals surface area (Å²) in [6.45, 7) is 5.37. The number of nitrogens with one attached hydrogen (secondary N) is 1. The van der Waals surface area contributed by atoms with Crippen molar-refractivity contribution >= 4 is 11.4 Å². The minimum Gasteiger partial charge on any atom is -0.380 e. The fourth-order valence-electron chi connectivity index (χ4n) is 3.21. The average Bonchev–Trinajstić information content (AvgIpc) is 2.62. The van der Waals surface area contributed by atoms with E-state index >= 15 is 0 Å². The third-order valence-corrected chi connectivity index (χ3v) is 4.74. The van der Waals surface area contributed by atoms with Crippen LogP contribution in [-0.4, -0.2) is 32.8 Å². The van der Waals surface area contributed by atoms with Gasteiger partial charge >= 0.3 is 0 Å². The summed E-state index contributed by atoms with van der Waals surface area (Å²) in [6, 6.07) is 2.84. The number of hydrogen-bond acceptors (Lipinski definition) is 3. The highest BCUT2D eigenvalue weighted by atomic mass is 19.1. The van der Waals surface area contributed by atoms with Gasteiger partial charge in [-0.15, -0.1) is 0 Å². The third-order valence-electron chi connectivity index (χ3n) is 4.74. The van der Waals surface area contributed by atoms with Gasteiger partial charge in [-0.25, -0.2) is 8.78 Å². The van der Waals surface area contributed by atoms with Gasteiger partial charge in [0.25, 0.3) is 0 Å². The number of unbranched alkanes of at least 4 members (excludes halogenated alkanes) is 7. The Bertz CT molecular complexity index is 481. The SMILES string of the molecule is CCCCCCCCCCNc1c(F)cc(N2CCOCC2)cc1F. The monoisotopic (exact) mass is 354 g/mol. The average molecular weight is 354 g/mol. The first kappa shape index (κ1) is 20.0. The van der Waals surface area contributed by atoms with Crippen molar-refractivity contribution in [2.24, 2.45) is 0 Å². The molecule has 3 nitrogen and oxygen atoms in total. The Hall–Kier alpha value is -1.36. The van der Waals surface area contributed by atoms with Crippen LogP contribution in [0.2, 0.25) is 0 Å². The van der Waals surface area contributed by atoms with Crippen molar-refractivity contribution in [3.8, 4) is 0 Å². The van der Waals surface area contributed by atoms with Crippen molar-refractivity contribution in [3.63, 3.8) is 0 Å². The van der Waals surface area contributed by atoms with Gasteiger partial charge in [-0.05, 0) is 18.6 Å². The van der Waals surface area contributed by atoms with Gasteiger partial charge in [-0.3, -0.25) is 0 Å². The van der Waals surface area contributed by atoms with E-state index in [-0.39, 0.29) is 5.69 Å².